The molecule has 1 unspecified atom stereocenters. The van der Waals surface area contributed by atoms with Crippen LogP contribution in [0, 0.1) is 0 Å². The highest BCUT2D eigenvalue weighted by Gasteiger charge is 2.18. The zero-order chi connectivity index (χ0) is 9.56. The van der Waals surface area contributed by atoms with Crippen molar-refractivity contribution in [1.29, 1.82) is 0 Å². The maximum Gasteiger partial charge on any atom is 0.109 e. The summed E-state index contributed by atoms with van der Waals surface area (Å²) in [5.41, 5.74) is 0. The van der Waals surface area contributed by atoms with Crippen molar-refractivity contribution in [1.82, 2.24) is 0 Å². The molecule has 5 nitrogen and oxygen atoms in total. The smallest absolute Gasteiger partial charge is 0.109 e. The van der Waals surface area contributed by atoms with Gasteiger partial charge in [0.1, 0.15) is 12.2 Å². The molecular formula is C7H16O5. The molecule has 0 saturated carbocycles. The fourth-order valence-corrected chi connectivity index (χ4v) is 0.666. The number of hydrogen-bond donors (Lipinski definition) is 4. The molecule has 0 fully saturated rings. The number of aliphatic hydroxyl groups excluding tert-OH is 4. The van der Waals surface area contributed by atoms with Gasteiger partial charge in [0, 0.05) is 0 Å². The molecule has 12 heavy (non-hydrogen) atoms. The first kappa shape index (κ1) is 11.8. The molecule has 0 amide bonds. The van der Waals surface area contributed by atoms with Crippen LogP contribution in [0.2, 0.25) is 0 Å². The lowest BCUT2D eigenvalue weighted by atomic mass is 10.2. The Hall–Kier alpha value is -0.200. The summed E-state index contributed by atoms with van der Waals surface area (Å²) >= 11 is 0. The van der Waals surface area contributed by atoms with Crippen LogP contribution in [0.15, 0.2) is 0 Å². The molecular weight excluding hydrogens is 164 g/mol. The Morgan fingerprint density at radius 2 is 1.75 bits per heavy atom. The average Bonchev–Trinajstić information content (AvgIpc) is 2.04. The van der Waals surface area contributed by atoms with Crippen LogP contribution in [0.25, 0.3) is 0 Å². The number of ether oxygens (including phenoxy) is 1. The van der Waals surface area contributed by atoms with Crippen molar-refractivity contribution in [2.45, 2.75) is 25.2 Å². The van der Waals surface area contributed by atoms with E-state index in [2.05, 4.69) is 0 Å². The zero-order valence-electron chi connectivity index (χ0n) is 7.05. The molecule has 0 heterocycles. The lowest BCUT2D eigenvalue weighted by Gasteiger charge is -2.20. The van der Waals surface area contributed by atoms with Crippen molar-refractivity contribution in [2.75, 3.05) is 19.8 Å². The van der Waals surface area contributed by atoms with Gasteiger partial charge in [-0.05, 0) is 6.92 Å². The van der Waals surface area contributed by atoms with Crippen LogP contribution in [-0.4, -0.2) is 58.6 Å². The highest BCUT2D eigenvalue weighted by atomic mass is 16.5. The Kier molecular flexibility index (Phi) is 6.23. The van der Waals surface area contributed by atoms with Gasteiger partial charge in [-0.25, -0.2) is 0 Å². The highest BCUT2D eigenvalue weighted by molar-refractivity contribution is 4.66. The van der Waals surface area contributed by atoms with Gasteiger partial charge in [0.25, 0.3) is 0 Å². The van der Waals surface area contributed by atoms with E-state index in [1.54, 1.807) is 0 Å². The number of aliphatic hydroxyl groups is 4. The van der Waals surface area contributed by atoms with Crippen molar-refractivity contribution in [3.05, 3.63) is 0 Å². The van der Waals surface area contributed by atoms with E-state index in [4.69, 9.17) is 25.2 Å². The molecule has 0 spiro atoms. The van der Waals surface area contributed by atoms with E-state index in [-0.39, 0.29) is 13.2 Å². The minimum Gasteiger partial charge on any atom is -0.394 e. The molecule has 5 heteroatoms. The van der Waals surface area contributed by atoms with Crippen LogP contribution in [0.3, 0.4) is 0 Å². The van der Waals surface area contributed by atoms with Gasteiger partial charge in [-0.3, -0.25) is 0 Å². The van der Waals surface area contributed by atoms with E-state index in [0.29, 0.717) is 0 Å². The van der Waals surface area contributed by atoms with Crippen LogP contribution >= 0.6 is 0 Å². The second-order valence-corrected chi connectivity index (χ2v) is 2.65. The predicted molar refractivity (Wildman–Crippen MR) is 41.6 cm³/mol. The summed E-state index contributed by atoms with van der Waals surface area (Å²) in [4.78, 5) is 0. The lowest BCUT2D eigenvalue weighted by Crippen LogP contribution is -2.36. The topological polar surface area (TPSA) is 90.2 Å². The van der Waals surface area contributed by atoms with Crippen molar-refractivity contribution in [3.63, 3.8) is 0 Å². The summed E-state index contributed by atoms with van der Waals surface area (Å²) < 4.78 is 4.90. The SMILES string of the molecule is C[C@H](O)COC(CO)[C@@H](O)CO. The first-order valence-electron chi connectivity index (χ1n) is 3.81. The Morgan fingerprint density at radius 1 is 1.17 bits per heavy atom. The molecule has 0 aliphatic heterocycles. The van der Waals surface area contributed by atoms with Crippen LogP contribution in [0.5, 0.6) is 0 Å². The van der Waals surface area contributed by atoms with Crippen LogP contribution < -0.4 is 0 Å². The zero-order valence-corrected chi connectivity index (χ0v) is 7.05. The van der Waals surface area contributed by atoms with Crippen LogP contribution in [0.4, 0.5) is 0 Å². The van der Waals surface area contributed by atoms with E-state index < -0.39 is 24.9 Å². The van der Waals surface area contributed by atoms with Gasteiger partial charge in [0.2, 0.25) is 0 Å². The van der Waals surface area contributed by atoms with E-state index >= 15 is 0 Å². The molecule has 0 rings (SSSR count). The number of rotatable bonds is 6. The van der Waals surface area contributed by atoms with Crippen molar-refractivity contribution in [2.24, 2.45) is 0 Å². The van der Waals surface area contributed by atoms with E-state index in [1.807, 2.05) is 0 Å². The van der Waals surface area contributed by atoms with Gasteiger partial charge >= 0.3 is 0 Å². The van der Waals surface area contributed by atoms with Gasteiger partial charge in [0.15, 0.2) is 0 Å². The van der Waals surface area contributed by atoms with Gasteiger partial charge in [-0.15, -0.1) is 0 Å². The standard InChI is InChI=1S/C7H16O5/c1-5(10)4-12-7(3-9)6(11)2-8/h5-11H,2-4H2,1H3/t5-,6-,7?/m0/s1. The van der Waals surface area contributed by atoms with Gasteiger partial charge in [-0.2, -0.15) is 0 Å². The third-order valence-corrected chi connectivity index (χ3v) is 1.35. The number of hydrogen-bond acceptors (Lipinski definition) is 5. The van der Waals surface area contributed by atoms with Crippen LogP contribution in [-0.2, 0) is 4.74 Å². The largest absolute Gasteiger partial charge is 0.394 e. The summed E-state index contributed by atoms with van der Waals surface area (Å²) in [5.74, 6) is 0. The predicted octanol–water partition coefficient (Wildman–Crippen LogP) is -1.90. The summed E-state index contributed by atoms with van der Waals surface area (Å²) in [6, 6.07) is 0. The molecule has 0 aromatic carbocycles. The quantitative estimate of drug-likeness (QED) is 0.383. The molecule has 4 N–H and O–H groups in total. The first-order valence-corrected chi connectivity index (χ1v) is 3.81. The molecule has 0 bridgehead atoms. The van der Waals surface area contributed by atoms with E-state index in [1.165, 1.54) is 6.92 Å². The third-order valence-electron chi connectivity index (χ3n) is 1.35. The van der Waals surface area contributed by atoms with Crippen molar-refractivity contribution in [3.8, 4) is 0 Å². The normalized spacial score (nSPS) is 18.8. The summed E-state index contributed by atoms with van der Waals surface area (Å²) in [7, 11) is 0. The van der Waals surface area contributed by atoms with E-state index in [9.17, 15) is 0 Å². The minimum absolute atomic E-state index is 0.0300. The van der Waals surface area contributed by atoms with Gasteiger partial charge in [0.05, 0.1) is 25.9 Å². The Morgan fingerprint density at radius 3 is 2.08 bits per heavy atom. The summed E-state index contributed by atoms with van der Waals surface area (Å²) in [5, 5.41) is 35.0. The second-order valence-electron chi connectivity index (χ2n) is 2.65. The minimum atomic E-state index is -1.10. The summed E-state index contributed by atoms with van der Waals surface area (Å²) in [6.07, 6.45) is -2.58. The van der Waals surface area contributed by atoms with Gasteiger partial charge < -0.3 is 25.2 Å². The maximum atomic E-state index is 9.01. The molecule has 0 aliphatic carbocycles. The fourth-order valence-electron chi connectivity index (χ4n) is 0.666. The third kappa shape index (κ3) is 4.63. The molecule has 0 aromatic heterocycles. The Labute approximate surface area is 71.2 Å². The fraction of sp³-hybridized carbons (Fsp3) is 1.00. The monoisotopic (exact) mass is 180 g/mol. The second kappa shape index (κ2) is 6.33. The Balaban J connectivity index is 3.67. The molecule has 0 aliphatic rings. The molecule has 0 radical (unpaired) electrons. The van der Waals surface area contributed by atoms with Gasteiger partial charge in [-0.1, -0.05) is 0 Å². The van der Waals surface area contributed by atoms with E-state index in [0.717, 1.165) is 0 Å². The lowest BCUT2D eigenvalue weighted by molar-refractivity contribution is -0.0962. The highest BCUT2D eigenvalue weighted by Crippen LogP contribution is 1.99. The molecule has 3 atom stereocenters. The maximum absolute atomic E-state index is 9.01. The van der Waals surface area contributed by atoms with Crippen LogP contribution in [0.1, 0.15) is 6.92 Å². The summed E-state index contributed by atoms with van der Waals surface area (Å²) in [6.45, 7) is 0.710. The van der Waals surface area contributed by atoms with Crippen molar-refractivity contribution >= 4 is 0 Å². The first-order chi connectivity index (χ1) is 5.61. The Bertz CT molecular complexity index is 106. The molecule has 74 valence electrons. The average molecular weight is 180 g/mol. The molecule has 0 aromatic rings. The molecule has 0 saturated heterocycles. The van der Waals surface area contributed by atoms with Crippen molar-refractivity contribution < 1.29 is 25.2 Å².